The van der Waals surface area contributed by atoms with Gasteiger partial charge in [0.25, 0.3) is 5.56 Å². The molecule has 18 nitrogen and oxygen atoms in total. The third-order valence-corrected chi connectivity index (χ3v) is 7.69. The van der Waals surface area contributed by atoms with Crippen molar-refractivity contribution in [3.05, 3.63) is 10.4 Å². The fourth-order valence-electron chi connectivity index (χ4n) is 2.53. The quantitative estimate of drug-likeness (QED) is 0.170. The molecule has 10 N–H and O–H groups in total. The maximum atomic E-state index is 12.0. The van der Waals surface area contributed by atoms with Crippen LogP contribution in [0.15, 0.2) is 9.79 Å². The molecule has 5 unspecified atom stereocenters. The van der Waals surface area contributed by atoms with E-state index in [4.69, 9.17) is 20.4 Å². The molecule has 1 aliphatic rings. The number of fused-ring (bicyclic) bond motifs is 1. The molecule has 1 aliphatic heterocycles. The Labute approximate surface area is 178 Å². The number of aliphatic hydroxyl groups excluding tert-OH is 1. The number of aromatic nitrogens is 2. The zero-order valence-electron chi connectivity index (χ0n) is 16.2. The summed E-state index contributed by atoms with van der Waals surface area (Å²) in [7, 11) is -16.9. The van der Waals surface area contributed by atoms with Gasteiger partial charge in [-0.2, -0.15) is 13.6 Å². The summed E-state index contributed by atoms with van der Waals surface area (Å²) < 4.78 is 45.1. The van der Waals surface area contributed by atoms with E-state index in [0.29, 0.717) is 0 Å². The molecule has 5 atom stereocenters. The lowest BCUT2D eigenvalue weighted by molar-refractivity contribution is -0.0399. The van der Waals surface area contributed by atoms with Crippen LogP contribution in [0.2, 0.25) is 0 Å². The molecule has 0 amide bonds. The number of hydrogen-bond acceptors (Lipinski definition) is 13. The third kappa shape index (κ3) is 6.74. The first-order chi connectivity index (χ1) is 14.3. The largest absolute Gasteiger partial charge is 0.490 e. The SMILES string of the molecule is CC1Nc2nc(N)[nH]c(=O)c2N=C1C(C)(O)C(O)COP(=O)(O)OP(=O)(O)OP(=O)(O)O. The molecule has 0 bridgehead atoms. The van der Waals surface area contributed by atoms with Gasteiger partial charge in [0, 0.05) is 0 Å². The molecular weight excluding hydrogens is 503 g/mol. The second-order valence-corrected chi connectivity index (χ2v) is 11.0. The number of phosphoric ester groups is 1. The fraction of sp³-hybridized carbons (Fsp3) is 0.545. The Bertz CT molecular complexity index is 1110. The van der Waals surface area contributed by atoms with Gasteiger partial charge in [-0.3, -0.25) is 14.3 Å². The Kier molecular flexibility index (Phi) is 7.54. The monoisotopic (exact) mass is 523 g/mol. The number of aromatic amines is 1. The van der Waals surface area contributed by atoms with Gasteiger partial charge in [-0.1, -0.05) is 0 Å². The summed E-state index contributed by atoms with van der Waals surface area (Å²) in [5.74, 6) is -0.198. The molecule has 32 heavy (non-hydrogen) atoms. The summed E-state index contributed by atoms with van der Waals surface area (Å²) in [6, 6.07) is -0.827. The lowest BCUT2D eigenvalue weighted by Crippen LogP contribution is -2.55. The van der Waals surface area contributed by atoms with Crippen molar-refractivity contribution in [2.45, 2.75) is 31.6 Å². The van der Waals surface area contributed by atoms with Crippen molar-refractivity contribution in [1.29, 1.82) is 0 Å². The van der Waals surface area contributed by atoms with Crippen LogP contribution in [-0.4, -0.2) is 69.8 Å². The van der Waals surface area contributed by atoms with Crippen LogP contribution in [0, 0.1) is 0 Å². The molecule has 0 spiro atoms. The van der Waals surface area contributed by atoms with Crippen molar-refractivity contribution >= 4 is 46.6 Å². The van der Waals surface area contributed by atoms with E-state index in [1.807, 2.05) is 0 Å². The van der Waals surface area contributed by atoms with Crippen LogP contribution >= 0.6 is 23.5 Å². The van der Waals surface area contributed by atoms with Gasteiger partial charge in [-0.25, -0.2) is 18.7 Å². The average molecular weight is 523 g/mol. The molecule has 21 heteroatoms. The van der Waals surface area contributed by atoms with Crippen LogP contribution in [0.5, 0.6) is 0 Å². The number of anilines is 2. The van der Waals surface area contributed by atoms with Gasteiger partial charge in [0.15, 0.2) is 11.5 Å². The molecule has 1 aromatic rings. The first-order valence-corrected chi connectivity index (χ1v) is 12.8. The lowest BCUT2D eigenvalue weighted by Gasteiger charge is -2.35. The highest BCUT2D eigenvalue weighted by Gasteiger charge is 2.44. The number of aliphatic hydroxyl groups is 2. The predicted molar refractivity (Wildman–Crippen MR) is 106 cm³/mol. The number of nitrogens with two attached hydrogens (primary N) is 1. The van der Waals surface area contributed by atoms with E-state index in [9.17, 15) is 33.6 Å². The van der Waals surface area contributed by atoms with E-state index in [2.05, 4.69) is 33.4 Å². The van der Waals surface area contributed by atoms with Gasteiger partial charge in [0.2, 0.25) is 5.95 Å². The molecule has 1 aromatic heterocycles. The molecule has 182 valence electrons. The number of nitrogen functional groups attached to an aromatic ring is 1. The van der Waals surface area contributed by atoms with Crippen molar-refractivity contribution < 1.29 is 56.6 Å². The second kappa shape index (κ2) is 9.02. The number of H-pyrrole nitrogens is 1. The molecule has 0 fully saturated rings. The number of rotatable bonds is 9. The Balaban J connectivity index is 2.18. The van der Waals surface area contributed by atoms with Crippen LogP contribution in [0.3, 0.4) is 0 Å². The second-order valence-electron chi connectivity index (χ2n) is 6.56. The summed E-state index contributed by atoms with van der Waals surface area (Å²) >= 11 is 0. The van der Waals surface area contributed by atoms with E-state index in [-0.39, 0.29) is 23.2 Å². The highest BCUT2D eigenvalue weighted by atomic mass is 31.3. The van der Waals surface area contributed by atoms with Gasteiger partial charge in [-0.15, -0.1) is 0 Å². The van der Waals surface area contributed by atoms with Crippen molar-refractivity contribution in [2.24, 2.45) is 4.99 Å². The molecule has 2 rings (SSSR count). The van der Waals surface area contributed by atoms with Gasteiger partial charge in [-0.05, 0) is 13.8 Å². The highest BCUT2D eigenvalue weighted by molar-refractivity contribution is 7.66. The Morgan fingerprint density at radius 1 is 1.19 bits per heavy atom. The van der Waals surface area contributed by atoms with Crippen molar-refractivity contribution in [2.75, 3.05) is 17.7 Å². The van der Waals surface area contributed by atoms with Crippen LogP contribution in [0.1, 0.15) is 13.8 Å². The van der Waals surface area contributed by atoms with Gasteiger partial charge in [0.1, 0.15) is 11.7 Å². The van der Waals surface area contributed by atoms with Crippen LogP contribution in [0.25, 0.3) is 0 Å². The molecule has 0 saturated carbocycles. The number of nitrogens with zero attached hydrogens (tertiary/aromatic N) is 2. The topological polar surface area (TPSA) is 296 Å². The molecule has 0 aromatic carbocycles. The minimum Gasteiger partial charge on any atom is -0.387 e. The summed E-state index contributed by atoms with van der Waals surface area (Å²) in [5, 5.41) is 23.7. The van der Waals surface area contributed by atoms with E-state index >= 15 is 0 Å². The van der Waals surface area contributed by atoms with Crippen molar-refractivity contribution in [3.8, 4) is 0 Å². The Morgan fingerprint density at radius 2 is 1.78 bits per heavy atom. The van der Waals surface area contributed by atoms with E-state index in [1.165, 1.54) is 6.92 Å². The summed E-state index contributed by atoms with van der Waals surface area (Å²) in [6.07, 6.45) is -2.03. The minimum atomic E-state index is -5.75. The molecule has 0 aliphatic carbocycles. The van der Waals surface area contributed by atoms with E-state index in [0.717, 1.165) is 6.92 Å². The third-order valence-electron chi connectivity index (χ3n) is 3.89. The smallest absolute Gasteiger partial charge is 0.387 e. The van der Waals surface area contributed by atoms with Gasteiger partial charge < -0.3 is 40.8 Å². The molecular formula is C11H20N5O13P3. The van der Waals surface area contributed by atoms with Crippen LogP contribution in [-0.2, 0) is 26.8 Å². The Morgan fingerprint density at radius 3 is 2.34 bits per heavy atom. The zero-order valence-corrected chi connectivity index (χ0v) is 18.9. The first kappa shape index (κ1) is 26.7. The normalized spacial score (nSPS) is 23.0. The standard InChI is InChI=1S/C11H20N5O13P3/c1-4-7(14-6-8(13-4)15-10(12)16-9(6)18)11(2,19)5(17)3-27-31(23,24)29-32(25,26)28-30(20,21)22/h4-5,17,19H,3H2,1-2H3,(H,23,24)(H,25,26)(H2,20,21,22)(H4,12,13,15,16,18). The van der Waals surface area contributed by atoms with Gasteiger partial charge in [0.05, 0.1) is 18.4 Å². The van der Waals surface area contributed by atoms with Crippen LogP contribution in [0.4, 0.5) is 17.5 Å². The molecule has 0 radical (unpaired) electrons. The maximum Gasteiger partial charge on any atom is 0.490 e. The summed E-state index contributed by atoms with van der Waals surface area (Å²) in [5.41, 5.74) is 1.89. The average Bonchev–Trinajstić information content (AvgIpc) is 2.55. The molecule has 0 saturated heterocycles. The van der Waals surface area contributed by atoms with E-state index in [1.54, 1.807) is 0 Å². The number of hydrogen-bond donors (Lipinski definition) is 9. The minimum absolute atomic E-state index is 0.000975. The zero-order chi connectivity index (χ0) is 24.7. The Hall–Kier alpha value is -1.52. The fourth-order valence-corrected chi connectivity index (χ4v) is 5.56. The lowest BCUT2D eigenvalue weighted by atomic mass is 9.88. The van der Waals surface area contributed by atoms with Gasteiger partial charge >= 0.3 is 23.5 Å². The summed E-state index contributed by atoms with van der Waals surface area (Å²) in [6.45, 7) is 1.30. The number of nitrogens with one attached hydrogen (secondary N) is 2. The van der Waals surface area contributed by atoms with Crippen LogP contribution < -0.4 is 16.6 Å². The number of aliphatic imine (C=N–C) groups is 1. The maximum absolute atomic E-state index is 12.0. The predicted octanol–water partition coefficient (Wildman–Crippen LogP) is -1.31. The van der Waals surface area contributed by atoms with E-state index < -0.39 is 53.4 Å². The molecule has 2 heterocycles. The summed E-state index contributed by atoms with van der Waals surface area (Å²) in [4.78, 5) is 57.6. The van der Waals surface area contributed by atoms with Crippen molar-refractivity contribution in [3.63, 3.8) is 0 Å². The highest BCUT2D eigenvalue weighted by Crippen LogP contribution is 2.66. The van der Waals surface area contributed by atoms with Crippen molar-refractivity contribution in [1.82, 2.24) is 9.97 Å². The first-order valence-electron chi connectivity index (χ1n) is 8.27. The number of phosphoric acid groups is 3.